The smallest absolute Gasteiger partial charge is 0.246 e. The molecule has 2 aliphatic rings. The molecule has 2 rings (SSSR count). The van der Waals surface area contributed by atoms with Gasteiger partial charge in [-0.15, -0.1) is 0 Å². The second kappa shape index (κ2) is 5.64. The lowest BCUT2D eigenvalue weighted by Gasteiger charge is -2.25. The summed E-state index contributed by atoms with van der Waals surface area (Å²) in [5.74, 6) is 0.715. The third kappa shape index (κ3) is 4.10. The van der Waals surface area contributed by atoms with Gasteiger partial charge in [0, 0.05) is 6.54 Å². The third-order valence-corrected chi connectivity index (χ3v) is 3.38. The lowest BCUT2D eigenvalue weighted by atomic mass is 9.95. The predicted molar refractivity (Wildman–Crippen MR) is 59.9 cm³/mol. The Hall–Kier alpha value is -0.610. The van der Waals surface area contributed by atoms with E-state index in [9.17, 15) is 9.90 Å². The quantitative estimate of drug-likeness (QED) is 0.731. The largest absolute Gasteiger partial charge is 0.393 e. The van der Waals surface area contributed by atoms with E-state index in [4.69, 9.17) is 4.74 Å². The average Bonchev–Trinajstić information content (AvgIpc) is 3.09. The van der Waals surface area contributed by atoms with Crippen LogP contribution in [0.3, 0.4) is 0 Å². The van der Waals surface area contributed by atoms with Crippen LogP contribution >= 0.6 is 0 Å². The summed E-state index contributed by atoms with van der Waals surface area (Å²) in [6, 6.07) is 0. The van der Waals surface area contributed by atoms with Gasteiger partial charge in [0.2, 0.25) is 5.91 Å². The molecule has 0 aromatic heterocycles. The molecular weight excluding hydrogens is 206 g/mol. The van der Waals surface area contributed by atoms with Gasteiger partial charge in [0.15, 0.2) is 0 Å². The molecule has 0 aromatic rings. The molecule has 4 heteroatoms. The molecular formula is C12H21NO3. The first-order chi connectivity index (χ1) is 7.74. The Morgan fingerprint density at radius 2 is 1.88 bits per heavy atom. The molecule has 2 N–H and O–H groups in total. The van der Waals surface area contributed by atoms with Crippen LogP contribution in [0.15, 0.2) is 0 Å². The average molecular weight is 227 g/mol. The van der Waals surface area contributed by atoms with Crippen LogP contribution in [0, 0.1) is 5.92 Å². The highest BCUT2D eigenvalue weighted by Crippen LogP contribution is 2.27. The van der Waals surface area contributed by atoms with Gasteiger partial charge in [-0.25, -0.2) is 0 Å². The molecule has 0 spiro atoms. The molecule has 0 atom stereocenters. The van der Waals surface area contributed by atoms with Gasteiger partial charge in [-0.05, 0) is 44.4 Å². The summed E-state index contributed by atoms with van der Waals surface area (Å²) >= 11 is 0. The second-order valence-electron chi connectivity index (χ2n) is 4.99. The topological polar surface area (TPSA) is 58.6 Å². The Bertz CT molecular complexity index is 232. The highest BCUT2D eigenvalue weighted by atomic mass is 16.5. The van der Waals surface area contributed by atoms with E-state index in [1.165, 1.54) is 12.8 Å². The first kappa shape index (κ1) is 11.9. The zero-order valence-corrected chi connectivity index (χ0v) is 9.65. The van der Waals surface area contributed by atoms with Crippen LogP contribution in [0.4, 0.5) is 0 Å². The Kier molecular flexibility index (Phi) is 4.18. The number of rotatable bonds is 5. The normalized spacial score (nSPS) is 30.1. The van der Waals surface area contributed by atoms with Gasteiger partial charge in [-0.3, -0.25) is 4.79 Å². The van der Waals surface area contributed by atoms with Crippen molar-refractivity contribution < 1.29 is 14.6 Å². The maximum atomic E-state index is 11.4. The fourth-order valence-electron chi connectivity index (χ4n) is 2.04. The molecule has 16 heavy (non-hydrogen) atoms. The number of nitrogens with one attached hydrogen (secondary N) is 1. The van der Waals surface area contributed by atoms with Gasteiger partial charge in [0.05, 0.1) is 12.2 Å². The molecule has 2 aliphatic carbocycles. The summed E-state index contributed by atoms with van der Waals surface area (Å²) in [6.45, 7) is 0.985. The van der Waals surface area contributed by atoms with Crippen molar-refractivity contribution in [3.63, 3.8) is 0 Å². The highest BCUT2D eigenvalue weighted by Gasteiger charge is 2.23. The zero-order chi connectivity index (χ0) is 11.4. The maximum absolute atomic E-state index is 11.4. The Labute approximate surface area is 96.4 Å². The number of ether oxygens (including phenoxy) is 1. The van der Waals surface area contributed by atoms with E-state index in [-0.39, 0.29) is 24.7 Å². The molecule has 92 valence electrons. The van der Waals surface area contributed by atoms with Crippen LogP contribution in [0.2, 0.25) is 0 Å². The summed E-state index contributed by atoms with van der Waals surface area (Å²) < 4.78 is 5.52. The van der Waals surface area contributed by atoms with Crippen molar-refractivity contribution >= 4 is 5.91 Å². The minimum Gasteiger partial charge on any atom is -0.393 e. The van der Waals surface area contributed by atoms with Crippen molar-refractivity contribution in [2.45, 2.75) is 50.7 Å². The fourth-order valence-corrected chi connectivity index (χ4v) is 2.04. The van der Waals surface area contributed by atoms with E-state index in [1.807, 2.05) is 0 Å². The molecule has 0 unspecified atom stereocenters. The molecule has 2 saturated carbocycles. The van der Waals surface area contributed by atoms with E-state index >= 15 is 0 Å². The van der Waals surface area contributed by atoms with Crippen molar-refractivity contribution in [1.82, 2.24) is 5.32 Å². The van der Waals surface area contributed by atoms with Crippen molar-refractivity contribution in [2.24, 2.45) is 5.92 Å². The number of aliphatic hydroxyl groups excluding tert-OH is 1. The first-order valence-electron chi connectivity index (χ1n) is 6.30. The van der Waals surface area contributed by atoms with Crippen molar-refractivity contribution in [3.8, 4) is 0 Å². The van der Waals surface area contributed by atoms with E-state index in [2.05, 4.69) is 5.32 Å². The van der Waals surface area contributed by atoms with Gasteiger partial charge in [0.25, 0.3) is 0 Å². The van der Waals surface area contributed by atoms with Crippen LogP contribution in [0.25, 0.3) is 0 Å². The summed E-state index contributed by atoms with van der Waals surface area (Å²) in [6.07, 6.45) is 5.85. The summed E-state index contributed by atoms with van der Waals surface area (Å²) in [7, 11) is 0. The second-order valence-corrected chi connectivity index (χ2v) is 4.99. The molecule has 0 aliphatic heterocycles. The van der Waals surface area contributed by atoms with E-state index in [0.717, 1.165) is 32.2 Å². The van der Waals surface area contributed by atoms with Gasteiger partial charge in [-0.1, -0.05) is 0 Å². The summed E-state index contributed by atoms with van der Waals surface area (Å²) in [5.41, 5.74) is 0. The molecule has 4 nitrogen and oxygen atoms in total. The minimum absolute atomic E-state index is 0.00183. The van der Waals surface area contributed by atoms with Gasteiger partial charge in [0.1, 0.15) is 6.61 Å². The molecule has 0 heterocycles. The van der Waals surface area contributed by atoms with Crippen molar-refractivity contribution in [3.05, 3.63) is 0 Å². The van der Waals surface area contributed by atoms with Crippen LogP contribution in [0.5, 0.6) is 0 Å². The van der Waals surface area contributed by atoms with E-state index < -0.39 is 0 Å². The third-order valence-electron chi connectivity index (χ3n) is 3.38. The zero-order valence-electron chi connectivity index (χ0n) is 9.65. The number of hydrogen-bond acceptors (Lipinski definition) is 3. The fraction of sp³-hybridized carbons (Fsp3) is 0.917. The van der Waals surface area contributed by atoms with Crippen LogP contribution in [0.1, 0.15) is 38.5 Å². The predicted octanol–water partition coefficient (Wildman–Crippen LogP) is 0.833. The molecule has 0 bridgehead atoms. The Balaban J connectivity index is 1.53. The highest BCUT2D eigenvalue weighted by molar-refractivity contribution is 5.77. The molecule has 0 saturated heterocycles. The molecule has 0 aromatic carbocycles. The van der Waals surface area contributed by atoms with E-state index in [0.29, 0.717) is 5.92 Å². The lowest BCUT2D eigenvalue weighted by Crippen LogP contribution is -2.32. The van der Waals surface area contributed by atoms with E-state index in [1.54, 1.807) is 0 Å². The Morgan fingerprint density at radius 3 is 2.50 bits per heavy atom. The first-order valence-corrected chi connectivity index (χ1v) is 6.30. The van der Waals surface area contributed by atoms with Gasteiger partial charge in [-0.2, -0.15) is 0 Å². The molecule has 2 fully saturated rings. The van der Waals surface area contributed by atoms with Crippen molar-refractivity contribution in [2.75, 3.05) is 13.2 Å². The SMILES string of the molecule is O=C(COC1CCC(O)CC1)NCC1CC1. The van der Waals surface area contributed by atoms with Crippen LogP contribution < -0.4 is 5.32 Å². The minimum atomic E-state index is -0.163. The number of carbonyl (C=O) groups excluding carboxylic acids is 1. The summed E-state index contributed by atoms with van der Waals surface area (Å²) in [4.78, 5) is 11.4. The van der Waals surface area contributed by atoms with Crippen LogP contribution in [-0.4, -0.2) is 36.4 Å². The standard InChI is InChI=1S/C12H21NO3/c14-10-3-5-11(6-4-10)16-8-12(15)13-7-9-1-2-9/h9-11,14H,1-8H2,(H,13,15). The summed E-state index contributed by atoms with van der Waals surface area (Å²) in [5, 5.41) is 12.2. The number of aliphatic hydroxyl groups is 1. The number of carbonyl (C=O) groups is 1. The van der Waals surface area contributed by atoms with Crippen molar-refractivity contribution in [1.29, 1.82) is 0 Å². The molecule has 0 radical (unpaired) electrons. The maximum Gasteiger partial charge on any atom is 0.246 e. The molecule has 1 amide bonds. The number of amides is 1. The monoisotopic (exact) mass is 227 g/mol. The van der Waals surface area contributed by atoms with Gasteiger partial charge < -0.3 is 15.2 Å². The number of hydrogen-bond donors (Lipinski definition) is 2. The lowest BCUT2D eigenvalue weighted by molar-refractivity contribution is -0.128. The van der Waals surface area contributed by atoms with Gasteiger partial charge >= 0.3 is 0 Å². The Morgan fingerprint density at radius 1 is 1.19 bits per heavy atom. The van der Waals surface area contributed by atoms with Crippen LogP contribution in [-0.2, 0) is 9.53 Å².